The maximum absolute atomic E-state index is 12.5. The molecule has 3 amide bonds. The number of urea groups is 1. The molecule has 0 bridgehead atoms. The molecule has 0 radical (unpaired) electrons. The molecule has 0 fully saturated rings. The lowest BCUT2D eigenvalue weighted by Crippen LogP contribution is -2.36. The SMILES string of the molecule is COc1cccc(C(=O)Nn2ncc3c2CN(C(=O)NCc2ccccc2)C3)c1. The molecule has 0 spiro atoms. The zero-order valence-electron chi connectivity index (χ0n) is 16.0. The van der Waals surface area contributed by atoms with E-state index in [2.05, 4.69) is 15.8 Å². The largest absolute Gasteiger partial charge is 0.497 e. The van der Waals surface area contributed by atoms with Crippen molar-refractivity contribution in [2.75, 3.05) is 12.5 Å². The van der Waals surface area contributed by atoms with Gasteiger partial charge in [0.2, 0.25) is 0 Å². The molecule has 0 saturated heterocycles. The van der Waals surface area contributed by atoms with Crippen LogP contribution in [0.3, 0.4) is 0 Å². The predicted octanol–water partition coefficient (Wildman–Crippen LogP) is 2.50. The van der Waals surface area contributed by atoms with E-state index in [4.69, 9.17) is 4.74 Å². The summed E-state index contributed by atoms with van der Waals surface area (Å²) in [5, 5.41) is 7.15. The number of benzene rings is 2. The summed E-state index contributed by atoms with van der Waals surface area (Å²) in [6, 6.07) is 16.5. The molecule has 2 heterocycles. The molecule has 29 heavy (non-hydrogen) atoms. The molecule has 0 aliphatic carbocycles. The van der Waals surface area contributed by atoms with E-state index in [1.807, 2.05) is 30.3 Å². The number of carbonyl (C=O) groups is 2. The minimum atomic E-state index is -0.304. The second kappa shape index (κ2) is 8.05. The summed E-state index contributed by atoms with van der Waals surface area (Å²) in [5.41, 5.74) is 5.95. The van der Waals surface area contributed by atoms with Gasteiger partial charge in [-0.1, -0.05) is 36.4 Å². The monoisotopic (exact) mass is 391 g/mol. The Labute approximate surface area is 168 Å². The van der Waals surface area contributed by atoms with Gasteiger partial charge in [-0.3, -0.25) is 4.79 Å². The first-order valence-electron chi connectivity index (χ1n) is 9.22. The number of amides is 3. The van der Waals surface area contributed by atoms with E-state index < -0.39 is 0 Å². The summed E-state index contributed by atoms with van der Waals surface area (Å²) in [7, 11) is 1.55. The number of hydrogen-bond donors (Lipinski definition) is 2. The van der Waals surface area contributed by atoms with Gasteiger partial charge in [0.1, 0.15) is 5.75 Å². The van der Waals surface area contributed by atoms with Crippen molar-refractivity contribution in [3.8, 4) is 5.75 Å². The number of hydrogen-bond acceptors (Lipinski definition) is 4. The normalized spacial score (nSPS) is 12.4. The highest BCUT2D eigenvalue weighted by Crippen LogP contribution is 2.22. The quantitative estimate of drug-likeness (QED) is 0.699. The summed E-state index contributed by atoms with van der Waals surface area (Å²) in [5.74, 6) is 0.298. The first-order valence-corrected chi connectivity index (χ1v) is 9.22. The number of nitrogens with zero attached hydrogens (tertiary/aromatic N) is 3. The Bertz CT molecular complexity index is 1030. The molecular formula is C21H21N5O3. The highest BCUT2D eigenvalue weighted by molar-refractivity contribution is 6.00. The van der Waals surface area contributed by atoms with Crippen LogP contribution in [0.4, 0.5) is 4.79 Å². The fourth-order valence-corrected chi connectivity index (χ4v) is 3.20. The summed E-state index contributed by atoms with van der Waals surface area (Å²) >= 11 is 0. The van der Waals surface area contributed by atoms with Gasteiger partial charge < -0.3 is 15.0 Å². The van der Waals surface area contributed by atoms with Crippen molar-refractivity contribution in [1.82, 2.24) is 20.1 Å². The Balaban J connectivity index is 1.38. The number of carbonyl (C=O) groups excluding carboxylic acids is 2. The van der Waals surface area contributed by atoms with Crippen molar-refractivity contribution in [3.63, 3.8) is 0 Å². The summed E-state index contributed by atoms with van der Waals surface area (Å²) < 4.78 is 5.16. The molecule has 2 aromatic carbocycles. The van der Waals surface area contributed by atoms with Crippen LogP contribution in [0.15, 0.2) is 60.8 Å². The number of rotatable bonds is 5. The highest BCUT2D eigenvalue weighted by Gasteiger charge is 2.28. The van der Waals surface area contributed by atoms with E-state index >= 15 is 0 Å². The standard InChI is InChI=1S/C21H21N5O3/c1-29-18-9-5-8-16(10-18)20(27)24-26-19-14-25(13-17(19)12-23-26)21(28)22-11-15-6-3-2-4-7-15/h2-10,12H,11,13-14H2,1H3,(H,22,28)(H,24,27). The minimum absolute atomic E-state index is 0.157. The van der Waals surface area contributed by atoms with Gasteiger partial charge in [-0.2, -0.15) is 9.89 Å². The number of methoxy groups -OCH3 is 1. The van der Waals surface area contributed by atoms with E-state index in [1.54, 1.807) is 42.5 Å². The molecule has 1 aromatic heterocycles. The van der Waals surface area contributed by atoms with Crippen LogP contribution in [0.5, 0.6) is 5.75 Å². The average Bonchev–Trinajstić information content (AvgIpc) is 3.35. The van der Waals surface area contributed by atoms with E-state index in [0.29, 0.717) is 30.9 Å². The Kier molecular flexibility index (Phi) is 5.15. The smallest absolute Gasteiger partial charge is 0.318 e. The third kappa shape index (κ3) is 4.06. The Morgan fingerprint density at radius 3 is 2.72 bits per heavy atom. The minimum Gasteiger partial charge on any atom is -0.497 e. The fourth-order valence-electron chi connectivity index (χ4n) is 3.20. The van der Waals surface area contributed by atoms with Gasteiger partial charge in [0.25, 0.3) is 5.91 Å². The number of aromatic nitrogens is 2. The number of nitrogens with one attached hydrogen (secondary N) is 2. The zero-order valence-corrected chi connectivity index (χ0v) is 16.0. The molecule has 0 saturated carbocycles. The molecule has 2 N–H and O–H groups in total. The Morgan fingerprint density at radius 2 is 1.93 bits per heavy atom. The molecule has 1 aliphatic rings. The summed E-state index contributed by atoms with van der Waals surface area (Å²) in [6.07, 6.45) is 1.67. The van der Waals surface area contributed by atoms with Crippen LogP contribution < -0.4 is 15.5 Å². The van der Waals surface area contributed by atoms with Gasteiger partial charge in [-0.05, 0) is 23.8 Å². The number of fused-ring (bicyclic) bond motifs is 1. The Morgan fingerprint density at radius 1 is 1.10 bits per heavy atom. The molecule has 8 heteroatoms. The van der Waals surface area contributed by atoms with Crippen LogP contribution in [-0.2, 0) is 19.6 Å². The lowest BCUT2D eigenvalue weighted by Gasteiger charge is -2.17. The van der Waals surface area contributed by atoms with Crippen molar-refractivity contribution in [2.45, 2.75) is 19.6 Å². The lowest BCUT2D eigenvalue weighted by molar-refractivity contribution is 0.100. The van der Waals surface area contributed by atoms with Gasteiger partial charge in [0.15, 0.2) is 0 Å². The Hall–Kier alpha value is -3.81. The summed E-state index contributed by atoms with van der Waals surface area (Å²) in [6.45, 7) is 1.28. The van der Waals surface area contributed by atoms with Gasteiger partial charge in [0, 0.05) is 17.7 Å². The van der Waals surface area contributed by atoms with E-state index in [1.165, 1.54) is 4.79 Å². The molecule has 1 aliphatic heterocycles. The molecule has 8 nitrogen and oxygen atoms in total. The maximum atomic E-state index is 12.5. The molecule has 3 aromatic rings. The van der Waals surface area contributed by atoms with Gasteiger partial charge in [0.05, 0.1) is 32.1 Å². The first-order chi connectivity index (χ1) is 14.1. The van der Waals surface area contributed by atoms with Crippen molar-refractivity contribution < 1.29 is 14.3 Å². The average molecular weight is 391 g/mol. The van der Waals surface area contributed by atoms with Crippen molar-refractivity contribution in [3.05, 3.63) is 83.2 Å². The molecule has 0 unspecified atom stereocenters. The van der Waals surface area contributed by atoms with Gasteiger partial charge in [-0.25, -0.2) is 10.2 Å². The second-order valence-electron chi connectivity index (χ2n) is 6.70. The van der Waals surface area contributed by atoms with Crippen LogP contribution >= 0.6 is 0 Å². The van der Waals surface area contributed by atoms with Gasteiger partial charge in [-0.15, -0.1) is 0 Å². The van der Waals surface area contributed by atoms with Crippen LogP contribution in [-0.4, -0.2) is 33.8 Å². The molecule has 0 atom stereocenters. The molecule has 4 rings (SSSR count). The topological polar surface area (TPSA) is 88.5 Å². The third-order valence-electron chi connectivity index (χ3n) is 4.77. The number of ether oxygens (including phenoxy) is 1. The van der Waals surface area contributed by atoms with Crippen LogP contribution in [0.25, 0.3) is 0 Å². The highest BCUT2D eigenvalue weighted by atomic mass is 16.5. The van der Waals surface area contributed by atoms with Crippen LogP contribution in [0.1, 0.15) is 27.2 Å². The first kappa shape index (κ1) is 18.5. The molecule has 148 valence electrons. The maximum Gasteiger partial charge on any atom is 0.318 e. The predicted molar refractivity (Wildman–Crippen MR) is 107 cm³/mol. The lowest BCUT2D eigenvalue weighted by atomic mass is 10.2. The van der Waals surface area contributed by atoms with Gasteiger partial charge >= 0.3 is 6.03 Å². The summed E-state index contributed by atoms with van der Waals surface area (Å²) in [4.78, 5) is 28.1. The zero-order chi connectivity index (χ0) is 20.2. The fraction of sp³-hybridized carbons (Fsp3) is 0.190. The van der Waals surface area contributed by atoms with E-state index in [0.717, 1.165) is 16.8 Å². The molecular weight excluding hydrogens is 370 g/mol. The van der Waals surface area contributed by atoms with Crippen LogP contribution in [0, 0.1) is 0 Å². The second-order valence-corrected chi connectivity index (χ2v) is 6.70. The van der Waals surface area contributed by atoms with E-state index in [9.17, 15) is 9.59 Å². The van der Waals surface area contributed by atoms with Crippen molar-refractivity contribution in [1.29, 1.82) is 0 Å². The third-order valence-corrected chi connectivity index (χ3v) is 4.77. The van der Waals surface area contributed by atoms with E-state index in [-0.39, 0.29) is 11.9 Å². The van der Waals surface area contributed by atoms with Crippen molar-refractivity contribution in [2.24, 2.45) is 0 Å². The van der Waals surface area contributed by atoms with Crippen molar-refractivity contribution >= 4 is 11.9 Å². The van der Waals surface area contributed by atoms with Crippen LogP contribution in [0.2, 0.25) is 0 Å².